The smallest absolute Gasteiger partial charge is 0.337 e. The molecule has 0 heterocycles. The first-order valence-electron chi connectivity index (χ1n) is 6.85. The zero-order valence-electron chi connectivity index (χ0n) is 12.6. The lowest BCUT2D eigenvalue weighted by Crippen LogP contribution is -2.38. The Morgan fingerprint density at radius 2 is 1.65 bits per heavy atom. The lowest BCUT2D eigenvalue weighted by Gasteiger charge is -2.27. The number of carbonyl (C=O) groups is 2. The number of rotatable bonds is 7. The molecule has 0 amide bonds. The molecular weight excluding hydrogens is 256 g/mol. The summed E-state index contributed by atoms with van der Waals surface area (Å²) in [6.45, 7) is 6.29. The van der Waals surface area contributed by atoms with Gasteiger partial charge in [-0.15, -0.1) is 0 Å². The first-order chi connectivity index (χ1) is 9.48. The number of benzene rings is 1. The van der Waals surface area contributed by atoms with Gasteiger partial charge in [0.25, 0.3) is 0 Å². The molecule has 1 aromatic carbocycles. The molecule has 4 nitrogen and oxygen atoms in total. The second-order valence-corrected chi connectivity index (χ2v) is 4.83. The number of hydrogen-bond acceptors (Lipinski definition) is 4. The van der Waals surface area contributed by atoms with Gasteiger partial charge in [-0.2, -0.15) is 0 Å². The van der Waals surface area contributed by atoms with Crippen molar-refractivity contribution in [1.82, 2.24) is 0 Å². The Labute approximate surface area is 120 Å². The van der Waals surface area contributed by atoms with Crippen LogP contribution in [0.2, 0.25) is 0 Å². The van der Waals surface area contributed by atoms with Crippen molar-refractivity contribution in [2.24, 2.45) is 0 Å². The average Bonchev–Trinajstić information content (AvgIpc) is 2.51. The predicted octanol–water partition coefficient (Wildman–Crippen LogP) is 3.25. The summed E-state index contributed by atoms with van der Waals surface area (Å²) in [6.07, 6.45) is 1.47. The molecule has 0 aliphatic rings. The van der Waals surface area contributed by atoms with Crippen LogP contribution in [-0.2, 0) is 9.47 Å². The summed E-state index contributed by atoms with van der Waals surface area (Å²) in [6, 6.07) is 6.46. The van der Waals surface area contributed by atoms with E-state index in [1.54, 1.807) is 31.2 Å². The van der Waals surface area contributed by atoms with Crippen LogP contribution >= 0.6 is 0 Å². The largest absolute Gasteiger partial charge is 0.465 e. The van der Waals surface area contributed by atoms with Crippen LogP contribution in [-0.4, -0.2) is 31.1 Å². The van der Waals surface area contributed by atoms with Gasteiger partial charge in [-0.25, -0.2) is 4.79 Å². The topological polar surface area (TPSA) is 52.6 Å². The van der Waals surface area contributed by atoms with Gasteiger partial charge < -0.3 is 9.47 Å². The van der Waals surface area contributed by atoms with Crippen LogP contribution in [0.4, 0.5) is 0 Å². The van der Waals surface area contributed by atoms with E-state index < -0.39 is 11.6 Å². The maximum atomic E-state index is 12.5. The van der Waals surface area contributed by atoms with Crippen LogP contribution in [0.25, 0.3) is 0 Å². The van der Waals surface area contributed by atoms with E-state index in [1.807, 2.05) is 13.8 Å². The summed E-state index contributed by atoms with van der Waals surface area (Å²) >= 11 is 0. The van der Waals surface area contributed by atoms with Crippen molar-refractivity contribution in [3.8, 4) is 0 Å². The third-order valence-corrected chi connectivity index (χ3v) is 3.35. The molecular formula is C16H22O4. The van der Waals surface area contributed by atoms with E-state index in [1.165, 1.54) is 7.11 Å². The van der Waals surface area contributed by atoms with Crippen molar-refractivity contribution in [2.75, 3.05) is 13.7 Å². The minimum absolute atomic E-state index is 0.0649. The van der Waals surface area contributed by atoms with Crippen LogP contribution in [0.3, 0.4) is 0 Å². The number of carbonyl (C=O) groups excluding carboxylic acids is 2. The van der Waals surface area contributed by atoms with Crippen LogP contribution in [0.15, 0.2) is 24.3 Å². The number of ether oxygens (including phenoxy) is 2. The first kappa shape index (κ1) is 16.4. The molecule has 0 saturated carbocycles. The van der Waals surface area contributed by atoms with E-state index in [4.69, 9.17) is 4.74 Å². The van der Waals surface area contributed by atoms with Crippen molar-refractivity contribution in [3.05, 3.63) is 35.4 Å². The van der Waals surface area contributed by atoms with Crippen LogP contribution in [0.5, 0.6) is 0 Å². The molecule has 20 heavy (non-hydrogen) atoms. The minimum atomic E-state index is -0.817. The fourth-order valence-electron chi connectivity index (χ4n) is 1.84. The maximum Gasteiger partial charge on any atom is 0.337 e. The van der Waals surface area contributed by atoms with Gasteiger partial charge in [0.1, 0.15) is 5.60 Å². The van der Waals surface area contributed by atoms with Gasteiger partial charge in [0.05, 0.1) is 12.7 Å². The van der Waals surface area contributed by atoms with Crippen molar-refractivity contribution in [2.45, 2.75) is 39.2 Å². The molecule has 0 aliphatic carbocycles. The van der Waals surface area contributed by atoms with E-state index in [-0.39, 0.29) is 5.78 Å². The van der Waals surface area contributed by atoms with Crippen molar-refractivity contribution < 1.29 is 19.1 Å². The summed E-state index contributed by atoms with van der Waals surface area (Å²) in [5.41, 5.74) is 0.151. The molecule has 1 unspecified atom stereocenters. The number of esters is 1. The Bertz CT molecular complexity index is 464. The molecule has 1 aromatic rings. The molecule has 1 rings (SSSR count). The molecule has 0 saturated heterocycles. The second-order valence-electron chi connectivity index (χ2n) is 4.83. The molecule has 110 valence electrons. The van der Waals surface area contributed by atoms with Crippen LogP contribution < -0.4 is 0 Å². The lowest BCUT2D eigenvalue weighted by atomic mass is 9.91. The highest BCUT2D eigenvalue weighted by Crippen LogP contribution is 2.22. The monoisotopic (exact) mass is 278 g/mol. The molecule has 0 radical (unpaired) electrons. The molecule has 0 bridgehead atoms. The number of ketones is 1. The minimum Gasteiger partial charge on any atom is -0.465 e. The van der Waals surface area contributed by atoms with E-state index in [2.05, 4.69) is 4.74 Å². The molecule has 0 aromatic heterocycles. The van der Waals surface area contributed by atoms with E-state index in [0.29, 0.717) is 24.2 Å². The molecule has 0 N–H and O–H groups in total. The number of methoxy groups -OCH3 is 1. The van der Waals surface area contributed by atoms with Crippen molar-refractivity contribution >= 4 is 11.8 Å². The lowest BCUT2D eigenvalue weighted by molar-refractivity contribution is -0.0169. The Hall–Kier alpha value is -1.68. The Balaban J connectivity index is 2.93. The highest BCUT2D eigenvalue weighted by atomic mass is 16.5. The van der Waals surface area contributed by atoms with Crippen LogP contribution in [0, 0.1) is 0 Å². The average molecular weight is 278 g/mol. The Kier molecular flexibility index (Phi) is 5.89. The summed E-state index contributed by atoms with van der Waals surface area (Å²) in [5.74, 6) is -0.477. The Morgan fingerprint density at radius 3 is 2.10 bits per heavy atom. The predicted molar refractivity (Wildman–Crippen MR) is 77.1 cm³/mol. The second kappa shape index (κ2) is 7.20. The highest BCUT2D eigenvalue weighted by molar-refractivity contribution is 6.03. The Morgan fingerprint density at radius 1 is 1.10 bits per heavy atom. The summed E-state index contributed by atoms with van der Waals surface area (Å²) < 4.78 is 10.3. The standard InChI is InChI=1S/C16H22O4/c1-5-11-20-16(3,6-2)14(17)12-7-9-13(10-8-12)15(18)19-4/h7-10H,5-6,11H2,1-4H3. The number of hydrogen-bond donors (Lipinski definition) is 0. The van der Waals surface area contributed by atoms with Gasteiger partial charge in [0.2, 0.25) is 0 Å². The highest BCUT2D eigenvalue weighted by Gasteiger charge is 2.32. The fourth-order valence-corrected chi connectivity index (χ4v) is 1.84. The van der Waals surface area contributed by atoms with Gasteiger partial charge in [-0.3, -0.25) is 4.79 Å². The van der Waals surface area contributed by atoms with E-state index in [0.717, 1.165) is 6.42 Å². The van der Waals surface area contributed by atoms with Gasteiger partial charge in [0, 0.05) is 12.2 Å². The number of Topliss-reactive ketones (excluding diaryl/α,β-unsaturated/α-hetero) is 1. The van der Waals surface area contributed by atoms with Gasteiger partial charge in [-0.05, 0) is 31.9 Å². The van der Waals surface area contributed by atoms with Crippen LogP contribution in [0.1, 0.15) is 54.3 Å². The van der Waals surface area contributed by atoms with E-state index >= 15 is 0 Å². The van der Waals surface area contributed by atoms with E-state index in [9.17, 15) is 9.59 Å². The van der Waals surface area contributed by atoms with Gasteiger partial charge in [-0.1, -0.05) is 26.0 Å². The quantitative estimate of drug-likeness (QED) is 0.567. The summed E-state index contributed by atoms with van der Waals surface area (Å²) in [5, 5.41) is 0. The zero-order valence-corrected chi connectivity index (χ0v) is 12.6. The molecule has 0 fully saturated rings. The maximum absolute atomic E-state index is 12.5. The molecule has 4 heteroatoms. The normalized spacial score (nSPS) is 13.6. The van der Waals surface area contributed by atoms with Gasteiger partial charge >= 0.3 is 5.97 Å². The van der Waals surface area contributed by atoms with Crippen molar-refractivity contribution in [1.29, 1.82) is 0 Å². The molecule has 0 spiro atoms. The fraction of sp³-hybridized carbons (Fsp3) is 0.500. The summed E-state index contributed by atoms with van der Waals surface area (Å²) in [4.78, 5) is 23.9. The van der Waals surface area contributed by atoms with Crippen molar-refractivity contribution in [3.63, 3.8) is 0 Å². The molecule has 0 aliphatic heterocycles. The third kappa shape index (κ3) is 3.67. The zero-order chi connectivity index (χ0) is 15.2. The SMILES string of the molecule is CCCOC(C)(CC)C(=O)c1ccc(C(=O)OC)cc1. The van der Waals surface area contributed by atoms with Gasteiger partial charge in [0.15, 0.2) is 5.78 Å². The third-order valence-electron chi connectivity index (χ3n) is 3.35. The summed E-state index contributed by atoms with van der Waals surface area (Å²) in [7, 11) is 1.33. The first-order valence-corrected chi connectivity index (χ1v) is 6.85. The molecule has 1 atom stereocenters.